The zero-order chi connectivity index (χ0) is 21.9. The standard InChI is InChI=1S/C20H21FN4O4S/c1-13(26)23-17-12-15(8-9-22-17)19-18(14-4-6-16(21)7-5-14)24-20(30(3,27)28)25(19)10-11-29-2/h4-9,12H,10-11H2,1-3H3,(H,22,23,26). The average Bonchev–Trinajstić information content (AvgIpc) is 3.06. The molecule has 0 radical (unpaired) electrons. The first-order chi connectivity index (χ1) is 14.2. The third kappa shape index (κ3) is 4.71. The fraction of sp³-hybridized carbons (Fsp3) is 0.250. The first-order valence-electron chi connectivity index (χ1n) is 9.00. The van der Waals surface area contributed by atoms with Gasteiger partial charge in [-0.15, -0.1) is 0 Å². The van der Waals surface area contributed by atoms with Crippen LogP contribution in [0.3, 0.4) is 0 Å². The number of methoxy groups -OCH3 is 1. The van der Waals surface area contributed by atoms with Crippen molar-refractivity contribution >= 4 is 21.6 Å². The molecule has 30 heavy (non-hydrogen) atoms. The Balaban J connectivity index is 2.31. The minimum Gasteiger partial charge on any atom is -0.383 e. The van der Waals surface area contributed by atoms with E-state index < -0.39 is 15.7 Å². The average molecular weight is 432 g/mol. The molecule has 0 saturated heterocycles. The van der Waals surface area contributed by atoms with E-state index in [1.54, 1.807) is 16.7 Å². The van der Waals surface area contributed by atoms with Gasteiger partial charge in [0.15, 0.2) is 0 Å². The van der Waals surface area contributed by atoms with Crippen LogP contribution < -0.4 is 5.32 Å². The van der Waals surface area contributed by atoms with Crippen LogP contribution in [0, 0.1) is 5.82 Å². The van der Waals surface area contributed by atoms with Gasteiger partial charge >= 0.3 is 0 Å². The summed E-state index contributed by atoms with van der Waals surface area (Å²) < 4.78 is 45.1. The molecule has 8 nitrogen and oxygen atoms in total. The number of nitrogens with one attached hydrogen (secondary N) is 1. The lowest BCUT2D eigenvalue weighted by atomic mass is 10.1. The van der Waals surface area contributed by atoms with E-state index in [1.807, 2.05) is 0 Å². The van der Waals surface area contributed by atoms with Crippen LogP contribution in [-0.4, -0.2) is 48.8 Å². The Labute approximate surface area is 173 Å². The van der Waals surface area contributed by atoms with Gasteiger partial charge in [0.05, 0.1) is 18.0 Å². The molecule has 1 amide bonds. The number of sulfone groups is 1. The van der Waals surface area contributed by atoms with E-state index in [0.29, 0.717) is 28.3 Å². The van der Waals surface area contributed by atoms with Gasteiger partial charge in [-0.1, -0.05) is 0 Å². The molecule has 0 fully saturated rings. The number of benzene rings is 1. The monoisotopic (exact) mass is 432 g/mol. The maximum atomic E-state index is 13.5. The lowest BCUT2D eigenvalue weighted by Crippen LogP contribution is -2.13. The van der Waals surface area contributed by atoms with Crippen LogP contribution >= 0.6 is 0 Å². The van der Waals surface area contributed by atoms with Crippen molar-refractivity contribution < 1.29 is 22.3 Å². The summed E-state index contributed by atoms with van der Waals surface area (Å²) in [7, 11) is -2.17. The number of imidazole rings is 1. The summed E-state index contributed by atoms with van der Waals surface area (Å²) in [5.74, 6) is -0.395. The molecule has 10 heteroatoms. The summed E-state index contributed by atoms with van der Waals surface area (Å²) in [6.45, 7) is 1.83. The van der Waals surface area contributed by atoms with Crippen molar-refractivity contribution in [3.8, 4) is 22.5 Å². The number of rotatable bonds is 7. The second-order valence-corrected chi connectivity index (χ2v) is 8.54. The highest BCUT2D eigenvalue weighted by atomic mass is 32.2. The van der Waals surface area contributed by atoms with Gasteiger partial charge < -0.3 is 14.6 Å². The zero-order valence-electron chi connectivity index (χ0n) is 16.7. The third-order valence-corrected chi connectivity index (χ3v) is 5.21. The molecular weight excluding hydrogens is 411 g/mol. The Morgan fingerprint density at radius 1 is 1.20 bits per heavy atom. The second-order valence-electron chi connectivity index (χ2n) is 6.63. The lowest BCUT2D eigenvalue weighted by Gasteiger charge is -2.13. The number of nitrogens with zero attached hydrogens (tertiary/aromatic N) is 3. The molecule has 0 atom stereocenters. The third-order valence-electron chi connectivity index (χ3n) is 4.24. The number of pyridine rings is 1. The topological polar surface area (TPSA) is 103 Å². The largest absolute Gasteiger partial charge is 0.383 e. The minimum absolute atomic E-state index is 0.133. The van der Waals surface area contributed by atoms with Crippen LogP contribution in [0.15, 0.2) is 47.8 Å². The van der Waals surface area contributed by atoms with E-state index in [2.05, 4.69) is 15.3 Å². The van der Waals surface area contributed by atoms with Crippen LogP contribution in [0.5, 0.6) is 0 Å². The van der Waals surface area contributed by atoms with Crippen molar-refractivity contribution in [2.24, 2.45) is 0 Å². The number of ether oxygens (including phenoxy) is 1. The number of halogens is 1. The molecule has 158 valence electrons. The van der Waals surface area contributed by atoms with Crippen LogP contribution in [0.1, 0.15) is 6.92 Å². The van der Waals surface area contributed by atoms with Crippen molar-refractivity contribution in [2.45, 2.75) is 18.6 Å². The van der Waals surface area contributed by atoms with Crippen molar-refractivity contribution in [2.75, 3.05) is 25.3 Å². The number of amides is 1. The van der Waals surface area contributed by atoms with E-state index in [-0.39, 0.29) is 24.2 Å². The molecule has 1 N–H and O–H groups in total. The first-order valence-corrected chi connectivity index (χ1v) is 10.9. The molecule has 2 heterocycles. The summed E-state index contributed by atoms with van der Waals surface area (Å²) in [5.41, 5.74) is 2.00. The van der Waals surface area contributed by atoms with Crippen LogP contribution in [-0.2, 0) is 25.9 Å². The van der Waals surface area contributed by atoms with Crippen LogP contribution in [0.2, 0.25) is 0 Å². The summed E-state index contributed by atoms with van der Waals surface area (Å²) in [6.07, 6.45) is 2.58. The fourth-order valence-corrected chi connectivity index (χ4v) is 3.87. The molecule has 0 aliphatic rings. The van der Waals surface area contributed by atoms with Gasteiger partial charge in [0.1, 0.15) is 11.6 Å². The molecule has 0 saturated carbocycles. The molecule has 2 aromatic heterocycles. The molecular formula is C20H21FN4O4S. The number of hydrogen-bond acceptors (Lipinski definition) is 6. The molecule has 3 rings (SSSR count). The Hall–Kier alpha value is -3.11. The molecule has 3 aromatic rings. The van der Waals surface area contributed by atoms with E-state index in [4.69, 9.17) is 4.74 Å². The van der Waals surface area contributed by atoms with E-state index in [1.165, 1.54) is 44.5 Å². The number of carbonyl (C=O) groups is 1. The van der Waals surface area contributed by atoms with Gasteiger partial charge in [-0.25, -0.2) is 22.8 Å². The summed E-state index contributed by atoms with van der Waals surface area (Å²) in [4.78, 5) is 19.9. The highest BCUT2D eigenvalue weighted by Gasteiger charge is 2.25. The van der Waals surface area contributed by atoms with Gasteiger partial charge in [-0.3, -0.25) is 4.79 Å². The Morgan fingerprint density at radius 3 is 2.50 bits per heavy atom. The van der Waals surface area contributed by atoms with Gasteiger partial charge in [0.2, 0.25) is 20.9 Å². The van der Waals surface area contributed by atoms with Gasteiger partial charge in [-0.05, 0) is 36.4 Å². The quantitative estimate of drug-likeness (QED) is 0.616. The van der Waals surface area contributed by atoms with Gasteiger partial charge in [-0.2, -0.15) is 0 Å². The SMILES string of the molecule is COCCn1c(S(C)(=O)=O)nc(-c2ccc(F)cc2)c1-c1ccnc(NC(C)=O)c1. The summed E-state index contributed by atoms with van der Waals surface area (Å²) >= 11 is 0. The molecule has 0 aliphatic heterocycles. The van der Waals surface area contributed by atoms with Crippen molar-refractivity contribution in [3.05, 3.63) is 48.4 Å². The molecule has 0 unspecified atom stereocenters. The molecule has 0 aliphatic carbocycles. The molecule has 0 spiro atoms. The smallest absolute Gasteiger partial charge is 0.228 e. The summed E-state index contributed by atoms with van der Waals surface area (Å²) in [6, 6.07) is 8.94. The maximum absolute atomic E-state index is 13.5. The van der Waals surface area contributed by atoms with E-state index in [0.717, 1.165) is 6.26 Å². The van der Waals surface area contributed by atoms with Gasteiger partial charge in [0.25, 0.3) is 0 Å². The maximum Gasteiger partial charge on any atom is 0.228 e. The Bertz CT molecular complexity index is 1170. The second kappa shape index (κ2) is 8.72. The number of anilines is 1. The number of carbonyl (C=O) groups excluding carboxylic acids is 1. The summed E-state index contributed by atoms with van der Waals surface area (Å²) in [5, 5.41) is 2.48. The highest BCUT2D eigenvalue weighted by molar-refractivity contribution is 7.90. The van der Waals surface area contributed by atoms with E-state index >= 15 is 0 Å². The first kappa shape index (κ1) is 21.6. The minimum atomic E-state index is -3.68. The lowest BCUT2D eigenvalue weighted by molar-refractivity contribution is -0.114. The van der Waals surface area contributed by atoms with Crippen molar-refractivity contribution in [1.29, 1.82) is 0 Å². The van der Waals surface area contributed by atoms with Gasteiger partial charge in [0, 0.05) is 44.2 Å². The van der Waals surface area contributed by atoms with Crippen molar-refractivity contribution in [1.82, 2.24) is 14.5 Å². The molecule has 0 bridgehead atoms. The predicted molar refractivity (Wildman–Crippen MR) is 110 cm³/mol. The Kier molecular flexibility index (Phi) is 6.28. The van der Waals surface area contributed by atoms with Crippen molar-refractivity contribution in [3.63, 3.8) is 0 Å². The fourth-order valence-electron chi connectivity index (χ4n) is 3.03. The highest BCUT2D eigenvalue weighted by Crippen LogP contribution is 2.35. The molecule has 1 aromatic carbocycles. The number of hydrogen-bond donors (Lipinski definition) is 1. The Morgan fingerprint density at radius 2 is 1.90 bits per heavy atom. The van der Waals surface area contributed by atoms with Crippen LogP contribution in [0.4, 0.5) is 10.2 Å². The predicted octanol–water partition coefficient (Wildman–Crippen LogP) is 2.76. The number of aromatic nitrogens is 3. The zero-order valence-corrected chi connectivity index (χ0v) is 17.5. The normalized spacial score (nSPS) is 11.5. The van der Waals surface area contributed by atoms with Crippen LogP contribution in [0.25, 0.3) is 22.5 Å². The van der Waals surface area contributed by atoms with E-state index in [9.17, 15) is 17.6 Å².